The van der Waals surface area contributed by atoms with E-state index in [1.54, 1.807) is 12.1 Å². The highest BCUT2D eigenvalue weighted by Gasteiger charge is 2.02. The van der Waals surface area contributed by atoms with Crippen molar-refractivity contribution in [3.8, 4) is 0 Å². The number of carboxylic acid groups (broad SMARTS) is 1. The van der Waals surface area contributed by atoms with E-state index < -0.39 is 5.97 Å². The summed E-state index contributed by atoms with van der Waals surface area (Å²) in [6.45, 7) is 1.46. The topological polar surface area (TPSA) is 49.3 Å². The van der Waals surface area contributed by atoms with Gasteiger partial charge in [-0.3, -0.25) is 4.79 Å². The largest absolute Gasteiger partial charge is 0.481 e. The molecule has 0 aliphatic heterocycles. The molecular formula is C13H17BrFNO2. The zero-order valence-corrected chi connectivity index (χ0v) is 11.7. The summed E-state index contributed by atoms with van der Waals surface area (Å²) >= 11 is 3.31. The van der Waals surface area contributed by atoms with Crippen LogP contribution in [0.3, 0.4) is 0 Å². The molecule has 0 unspecified atom stereocenters. The number of halogens is 2. The third kappa shape index (κ3) is 6.12. The second kappa shape index (κ2) is 8.21. The quantitative estimate of drug-likeness (QED) is 0.725. The molecule has 3 nitrogen and oxygen atoms in total. The lowest BCUT2D eigenvalue weighted by Gasteiger charge is -2.06. The number of benzene rings is 1. The van der Waals surface area contributed by atoms with Gasteiger partial charge in [-0.1, -0.05) is 15.9 Å². The molecular weight excluding hydrogens is 301 g/mol. The van der Waals surface area contributed by atoms with Gasteiger partial charge in [0.25, 0.3) is 0 Å². The summed E-state index contributed by atoms with van der Waals surface area (Å²) in [6.07, 6.45) is 2.34. The van der Waals surface area contributed by atoms with Crippen LogP contribution in [0.4, 0.5) is 4.39 Å². The molecule has 0 spiro atoms. The molecule has 0 amide bonds. The molecule has 0 fully saturated rings. The highest BCUT2D eigenvalue weighted by Crippen LogP contribution is 2.15. The van der Waals surface area contributed by atoms with Crippen molar-refractivity contribution in [3.05, 3.63) is 34.1 Å². The van der Waals surface area contributed by atoms with Crippen molar-refractivity contribution in [1.82, 2.24) is 5.32 Å². The van der Waals surface area contributed by atoms with Gasteiger partial charge in [-0.2, -0.15) is 0 Å². The van der Waals surface area contributed by atoms with Crippen LogP contribution in [0, 0.1) is 5.82 Å². The van der Waals surface area contributed by atoms with Gasteiger partial charge in [0.2, 0.25) is 0 Å². The molecule has 2 N–H and O–H groups in total. The summed E-state index contributed by atoms with van der Waals surface area (Å²) in [5.41, 5.74) is 0.683. The minimum Gasteiger partial charge on any atom is -0.481 e. The maximum atomic E-state index is 13.4. The summed E-state index contributed by atoms with van der Waals surface area (Å²) in [5.74, 6) is -0.947. The van der Waals surface area contributed by atoms with Gasteiger partial charge >= 0.3 is 5.97 Å². The molecule has 0 saturated heterocycles. The van der Waals surface area contributed by atoms with Crippen molar-refractivity contribution in [2.24, 2.45) is 0 Å². The molecule has 0 aliphatic carbocycles. The Labute approximate surface area is 115 Å². The molecule has 100 valence electrons. The lowest BCUT2D eigenvalue weighted by molar-refractivity contribution is -0.137. The summed E-state index contributed by atoms with van der Waals surface area (Å²) in [7, 11) is 0. The molecule has 0 saturated carbocycles. The van der Waals surface area contributed by atoms with Crippen LogP contribution in [0.5, 0.6) is 0 Å². The van der Waals surface area contributed by atoms with E-state index in [4.69, 9.17) is 5.11 Å². The fourth-order valence-corrected chi connectivity index (χ4v) is 2.02. The average molecular weight is 318 g/mol. The first-order chi connectivity index (χ1) is 8.59. The standard InChI is InChI=1S/C13H17BrFNO2/c14-11-4-5-12(15)10(9-11)6-8-16-7-2-1-3-13(17)18/h4-5,9,16H,1-3,6-8H2,(H,17,18). The Kier molecular flexibility index (Phi) is 6.90. The van der Waals surface area contributed by atoms with Crippen LogP contribution in [0.15, 0.2) is 22.7 Å². The predicted octanol–water partition coefficient (Wildman–Crippen LogP) is 2.98. The molecule has 0 aliphatic rings. The van der Waals surface area contributed by atoms with Crippen molar-refractivity contribution in [1.29, 1.82) is 0 Å². The van der Waals surface area contributed by atoms with E-state index in [-0.39, 0.29) is 12.2 Å². The van der Waals surface area contributed by atoms with Crippen LogP contribution < -0.4 is 5.32 Å². The molecule has 0 aromatic heterocycles. The van der Waals surface area contributed by atoms with Crippen LogP contribution in [-0.2, 0) is 11.2 Å². The van der Waals surface area contributed by atoms with Gasteiger partial charge in [0.1, 0.15) is 5.82 Å². The molecule has 5 heteroatoms. The second-order valence-electron chi connectivity index (χ2n) is 4.09. The average Bonchev–Trinajstić information content (AvgIpc) is 2.32. The number of hydrogen-bond donors (Lipinski definition) is 2. The summed E-state index contributed by atoms with van der Waals surface area (Å²) in [4.78, 5) is 10.3. The third-order valence-electron chi connectivity index (χ3n) is 2.57. The maximum Gasteiger partial charge on any atom is 0.303 e. The highest BCUT2D eigenvalue weighted by atomic mass is 79.9. The number of hydrogen-bond acceptors (Lipinski definition) is 2. The molecule has 0 radical (unpaired) electrons. The lowest BCUT2D eigenvalue weighted by atomic mass is 10.1. The molecule has 18 heavy (non-hydrogen) atoms. The third-order valence-corrected chi connectivity index (χ3v) is 3.07. The first kappa shape index (κ1) is 15.1. The van der Waals surface area contributed by atoms with E-state index in [2.05, 4.69) is 21.2 Å². The van der Waals surface area contributed by atoms with Crippen molar-refractivity contribution >= 4 is 21.9 Å². The molecule has 0 heterocycles. The van der Waals surface area contributed by atoms with E-state index in [1.807, 2.05) is 0 Å². The SMILES string of the molecule is O=C(O)CCCCNCCc1cc(Br)ccc1F. The number of unbranched alkanes of at least 4 members (excludes halogenated alkanes) is 1. The van der Waals surface area contributed by atoms with Crippen molar-refractivity contribution in [3.63, 3.8) is 0 Å². The minimum atomic E-state index is -0.758. The smallest absolute Gasteiger partial charge is 0.303 e. The Morgan fingerprint density at radius 2 is 2.11 bits per heavy atom. The Bertz CT molecular complexity index is 399. The minimum absolute atomic E-state index is 0.189. The Balaban J connectivity index is 2.14. The molecule has 1 rings (SSSR count). The van der Waals surface area contributed by atoms with E-state index in [9.17, 15) is 9.18 Å². The highest BCUT2D eigenvalue weighted by molar-refractivity contribution is 9.10. The van der Waals surface area contributed by atoms with E-state index in [0.29, 0.717) is 24.9 Å². The van der Waals surface area contributed by atoms with E-state index in [1.165, 1.54) is 6.07 Å². The summed E-state index contributed by atoms with van der Waals surface area (Å²) < 4.78 is 14.2. The first-order valence-corrected chi connectivity index (χ1v) is 6.75. The zero-order chi connectivity index (χ0) is 13.4. The summed E-state index contributed by atoms with van der Waals surface area (Å²) in [5, 5.41) is 11.6. The van der Waals surface area contributed by atoms with Crippen molar-refractivity contribution in [2.75, 3.05) is 13.1 Å². The van der Waals surface area contributed by atoms with Gasteiger partial charge in [0.05, 0.1) is 0 Å². The number of carbonyl (C=O) groups is 1. The first-order valence-electron chi connectivity index (χ1n) is 5.96. The van der Waals surface area contributed by atoms with Crippen molar-refractivity contribution in [2.45, 2.75) is 25.7 Å². The van der Waals surface area contributed by atoms with E-state index >= 15 is 0 Å². The normalized spacial score (nSPS) is 10.6. The van der Waals surface area contributed by atoms with Crippen LogP contribution in [0.2, 0.25) is 0 Å². The Morgan fingerprint density at radius 3 is 2.83 bits per heavy atom. The van der Waals surface area contributed by atoms with Gasteiger partial charge < -0.3 is 10.4 Å². The molecule has 1 aromatic carbocycles. The maximum absolute atomic E-state index is 13.4. The molecule has 1 aromatic rings. The van der Waals surface area contributed by atoms with Crippen LogP contribution in [-0.4, -0.2) is 24.2 Å². The fourth-order valence-electron chi connectivity index (χ4n) is 1.61. The van der Waals surface area contributed by atoms with Crippen LogP contribution in [0.1, 0.15) is 24.8 Å². The van der Waals surface area contributed by atoms with Gasteiger partial charge in [0.15, 0.2) is 0 Å². The second-order valence-corrected chi connectivity index (χ2v) is 5.00. The molecule has 0 bridgehead atoms. The van der Waals surface area contributed by atoms with Gasteiger partial charge in [-0.15, -0.1) is 0 Å². The van der Waals surface area contributed by atoms with Gasteiger partial charge in [0, 0.05) is 10.9 Å². The van der Waals surface area contributed by atoms with Crippen LogP contribution in [0.25, 0.3) is 0 Å². The van der Waals surface area contributed by atoms with E-state index in [0.717, 1.165) is 17.4 Å². The summed E-state index contributed by atoms with van der Waals surface area (Å²) in [6, 6.07) is 4.91. The number of aliphatic carboxylic acids is 1. The van der Waals surface area contributed by atoms with Crippen LogP contribution >= 0.6 is 15.9 Å². The zero-order valence-electron chi connectivity index (χ0n) is 10.1. The van der Waals surface area contributed by atoms with Crippen molar-refractivity contribution < 1.29 is 14.3 Å². The Hall–Kier alpha value is -0.940. The monoisotopic (exact) mass is 317 g/mol. The number of nitrogens with one attached hydrogen (secondary N) is 1. The Morgan fingerprint density at radius 1 is 1.33 bits per heavy atom. The lowest BCUT2D eigenvalue weighted by Crippen LogP contribution is -2.19. The van der Waals surface area contributed by atoms with Gasteiger partial charge in [-0.05, 0) is 56.1 Å². The number of carboxylic acids is 1. The van der Waals surface area contributed by atoms with Gasteiger partial charge in [-0.25, -0.2) is 4.39 Å². The fraction of sp³-hybridized carbons (Fsp3) is 0.462. The molecule has 0 atom stereocenters. The predicted molar refractivity (Wildman–Crippen MR) is 72.2 cm³/mol. The number of rotatable bonds is 8.